The number of nitrogens with one attached hydrogen (secondary N) is 1. The van der Waals surface area contributed by atoms with Crippen molar-refractivity contribution in [1.82, 2.24) is 10.2 Å². The molecule has 6 fully saturated rings. The van der Waals surface area contributed by atoms with E-state index in [1.54, 1.807) is 7.11 Å². The Morgan fingerprint density at radius 3 is 2.24 bits per heavy atom. The zero-order chi connectivity index (χ0) is 35.7. The normalized spacial score (nSPS) is 43.9. The maximum Gasteiger partial charge on any atom is 0.152 e. The van der Waals surface area contributed by atoms with Gasteiger partial charge in [0, 0.05) is 31.7 Å². The summed E-state index contributed by atoms with van der Waals surface area (Å²) in [5, 5.41) is 4.28. The summed E-state index contributed by atoms with van der Waals surface area (Å²) < 4.78 is 24.1. The second kappa shape index (κ2) is 13.4. The SMILES string of the molecule is COOCc1ccc([C@H]2CC[C@@]3(C)C(CC[C@]4(C)C3CC[C@@H]3C5[C@H](C(C)C)CC[C@]5(NCCN5CCS(=O)(=O)CC5)CC[C@]34C)C2(C)C)cc1. The lowest BCUT2D eigenvalue weighted by Crippen LogP contribution is -2.68. The van der Waals surface area contributed by atoms with Gasteiger partial charge in [-0.25, -0.2) is 18.2 Å². The molecule has 10 atom stereocenters. The van der Waals surface area contributed by atoms with Gasteiger partial charge in [0.05, 0.1) is 18.6 Å². The highest BCUT2D eigenvalue weighted by atomic mass is 32.2. The predicted octanol–water partition coefficient (Wildman–Crippen LogP) is 8.66. The highest BCUT2D eigenvalue weighted by Gasteiger charge is 2.71. The molecule has 0 spiro atoms. The number of fused-ring (bicyclic) bond motifs is 7. The van der Waals surface area contributed by atoms with E-state index in [0.29, 0.717) is 53.4 Å². The van der Waals surface area contributed by atoms with E-state index >= 15 is 0 Å². The van der Waals surface area contributed by atoms with Gasteiger partial charge in [-0.05, 0) is 138 Å². The zero-order valence-electron chi connectivity index (χ0n) is 32.9. The Balaban J connectivity index is 1.11. The summed E-state index contributed by atoms with van der Waals surface area (Å²) in [5.74, 6) is 5.82. The van der Waals surface area contributed by atoms with Crippen LogP contribution < -0.4 is 5.32 Å². The second-order valence-corrected chi connectivity index (χ2v) is 22.1. The first-order valence-electron chi connectivity index (χ1n) is 20.5. The summed E-state index contributed by atoms with van der Waals surface area (Å²) in [6.07, 6.45) is 13.5. The minimum absolute atomic E-state index is 0.247. The van der Waals surface area contributed by atoms with Gasteiger partial charge in [-0.3, -0.25) is 0 Å². The Hall–Kier alpha value is -0.990. The molecule has 50 heavy (non-hydrogen) atoms. The molecule has 0 amide bonds. The fourth-order valence-electron chi connectivity index (χ4n) is 14.7. The van der Waals surface area contributed by atoms with Crippen molar-refractivity contribution in [3.63, 3.8) is 0 Å². The smallest absolute Gasteiger partial charge is 0.152 e. The van der Waals surface area contributed by atoms with Crippen LogP contribution in [0.1, 0.15) is 130 Å². The molecule has 7 heteroatoms. The topological polar surface area (TPSA) is 67.9 Å². The molecule has 3 unspecified atom stereocenters. The van der Waals surface area contributed by atoms with Crippen molar-refractivity contribution in [2.45, 2.75) is 131 Å². The van der Waals surface area contributed by atoms with Crippen LogP contribution in [0.2, 0.25) is 0 Å². The molecule has 6 aliphatic rings. The van der Waals surface area contributed by atoms with Crippen LogP contribution in [0.15, 0.2) is 24.3 Å². The lowest BCUT2D eigenvalue weighted by Gasteiger charge is -2.73. The van der Waals surface area contributed by atoms with E-state index in [9.17, 15) is 8.42 Å². The summed E-state index contributed by atoms with van der Waals surface area (Å²) in [6, 6.07) is 9.22. The largest absolute Gasteiger partial charge is 0.310 e. The quantitative estimate of drug-likeness (QED) is 0.205. The number of sulfone groups is 1. The van der Waals surface area contributed by atoms with Crippen LogP contribution in [0.5, 0.6) is 0 Å². The van der Waals surface area contributed by atoms with Crippen molar-refractivity contribution in [3.05, 3.63) is 35.4 Å². The van der Waals surface area contributed by atoms with Crippen molar-refractivity contribution >= 4 is 9.84 Å². The maximum atomic E-state index is 12.0. The molecular weight excluding hydrogens is 641 g/mol. The molecule has 1 aromatic rings. The average Bonchev–Trinajstić information content (AvgIpc) is 3.45. The lowest BCUT2D eigenvalue weighted by atomic mass is 9.32. The van der Waals surface area contributed by atoms with Gasteiger partial charge >= 0.3 is 0 Å². The number of rotatable bonds is 9. The van der Waals surface area contributed by atoms with E-state index in [0.717, 1.165) is 48.6 Å². The summed E-state index contributed by atoms with van der Waals surface area (Å²) in [6.45, 7) is 22.4. The molecule has 0 aromatic heterocycles. The Labute approximate surface area is 305 Å². The first kappa shape index (κ1) is 37.3. The highest BCUT2D eigenvalue weighted by molar-refractivity contribution is 7.91. The van der Waals surface area contributed by atoms with Crippen LogP contribution in [0, 0.1) is 57.2 Å². The molecular formula is C43H70N2O4S. The number of benzene rings is 1. The van der Waals surface area contributed by atoms with Crippen LogP contribution >= 0.6 is 0 Å². The first-order chi connectivity index (χ1) is 23.6. The van der Waals surface area contributed by atoms with Gasteiger partial charge in [-0.15, -0.1) is 0 Å². The molecule has 5 aliphatic carbocycles. The average molecular weight is 711 g/mol. The van der Waals surface area contributed by atoms with E-state index in [2.05, 4.69) is 82.9 Å². The molecule has 282 valence electrons. The Morgan fingerprint density at radius 2 is 1.56 bits per heavy atom. The number of hydrogen-bond donors (Lipinski definition) is 1. The fourth-order valence-corrected chi connectivity index (χ4v) is 16.0. The maximum absolute atomic E-state index is 12.0. The van der Waals surface area contributed by atoms with Gasteiger partial charge in [0.15, 0.2) is 9.84 Å². The molecule has 1 saturated heterocycles. The van der Waals surface area contributed by atoms with E-state index in [1.165, 1.54) is 75.3 Å². The van der Waals surface area contributed by atoms with Crippen LogP contribution in [0.25, 0.3) is 0 Å². The van der Waals surface area contributed by atoms with Crippen molar-refractivity contribution in [2.24, 2.45) is 57.2 Å². The van der Waals surface area contributed by atoms with Gasteiger partial charge in [-0.1, -0.05) is 72.7 Å². The monoisotopic (exact) mass is 711 g/mol. The van der Waals surface area contributed by atoms with E-state index in [-0.39, 0.29) is 11.0 Å². The van der Waals surface area contributed by atoms with Crippen LogP contribution in [0.3, 0.4) is 0 Å². The molecule has 1 aliphatic heterocycles. The van der Waals surface area contributed by atoms with Gasteiger partial charge in [0.2, 0.25) is 0 Å². The highest BCUT2D eigenvalue weighted by Crippen LogP contribution is 2.77. The fraction of sp³-hybridized carbons (Fsp3) is 0.860. The molecule has 0 radical (unpaired) electrons. The molecule has 1 aromatic carbocycles. The predicted molar refractivity (Wildman–Crippen MR) is 203 cm³/mol. The Morgan fingerprint density at radius 1 is 0.840 bits per heavy atom. The first-order valence-corrected chi connectivity index (χ1v) is 22.3. The second-order valence-electron chi connectivity index (χ2n) is 19.8. The summed E-state index contributed by atoms with van der Waals surface area (Å²) in [5.41, 5.74) is 4.31. The molecule has 1 heterocycles. The minimum Gasteiger partial charge on any atom is -0.310 e. The van der Waals surface area contributed by atoms with Gasteiger partial charge in [0.1, 0.15) is 6.61 Å². The van der Waals surface area contributed by atoms with Gasteiger partial charge < -0.3 is 10.2 Å². The van der Waals surface area contributed by atoms with Crippen LogP contribution in [-0.2, 0) is 26.2 Å². The number of hydrogen-bond acceptors (Lipinski definition) is 6. The van der Waals surface area contributed by atoms with Gasteiger partial charge in [-0.2, -0.15) is 0 Å². The van der Waals surface area contributed by atoms with Crippen molar-refractivity contribution in [2.75, 3.05) is 44.8 Å². The zero-order valence-corrected chi connectivity index (χ0v) is 33.7. The Kier molecular flexibility index (Phi) is 10.00. The molecule has 7 rings (SSSR count). The van der Waals surface area contributed by atoms with E-state index in [1.807, 2.05) is 0 Å². The van der Waals surface area contributed by atoms with Crippen LogP contribution in [0.4, 0.5) is 0 Å². The third kappa shape index (κ3) is 5.98. The third-order valence-corrected chi connectivity index (χ3v) is 19.1. The molecule has 6 nitrogen and oxygen atoms in total. The summed E-state index contributed by atoms with van der Waals surface area (Å²) in [7, 11) is -1.26. The Bertz CT molecular complexity index is 1460. The van der Waals surface area contributed by atoms with Crippen molar-refractivity contribution in [1.29, 1.82) is 0 Å². The minimum atomic E-state index is -2.84. The molecule has 1 N–H and O–H groups in total. The van der Waals surface area contributed by atoms with Crippen LogP contribution in [-0.4, -0.2) is 63.7 Å². The number of nitrogens with zero attached hydrogens (tertiary/aromatic N) is 1. The lowest BCUT2D eigenvalue weighted by molar-refractivity contribution is -0.282. The summed E-state index contributed by atoms with van der Waals surface area (Å²) >= 11 is 0. The summed E-state index contributed by atoms with van der Waals surface area (Å²) in [4.78, 5) is 12.4. The standard InChI is InChI=1S/C43H70N2O4S/c1-30(2)33-15-20-43(44-23-24-45-25-27-50(46,47)28-26-45)22-21-41(6)35(38(33)43)13-14-37-40(5)18-16-34(32-11-9-31(10-12-32)29-49-48-8)39(3,4)36(40)17-19-42(37,41)7/h9-12,30,33-38,44H,13-29H2,1-8H3/t33-,34+,35+,36?,37?,38?,40-,41+,42+,43-/m0/s1. The van der Waals surface area contributed by atoms with Crippen molar-refractivity contribution < 1.29 is 18.2 Å². The molecule has 5 saturated carbocycles. The molecule has 0 bridgehead atoms. The van der Waals surface area contributed by atoms with Gasteiger partial charge in [0.25, 0.3) is 0 Å². The van der Waals surface area contributed by atoms with E-state index in [4.69, 9.17) is 9.78 Å². The van der Waals surface area contributed by atoms with E-state index < -0.39 is 9.84 Å². The van der Waals surface area contributed by atoms with Crippen molar-refractivity contribution in [3.8, 4) is 0 Å². The third-order valence-electron chi connectivity index (χ3n) is 17.4.